The van der Waals surface area contributed by atoms with Gasteiger partial charge in [0.1, 0.15) is 6.61 Å². The van der Waals surface area contributed by atoms with E-state index in [4.69, 9.17) is 0 Å². The summed E-state index contributed by atoms with van der Waals surface area (Å²) in [4.78, 5) is 31.2. The van der Waals surface area contributed by atoms with Crippen molar-refractivity contribution in [3.05, 3.63) is 29.8 Å². The van der Waals surface area contributed by atoms with E-state index in [1.165, 1.54) is 0 Å². The Morgan fingerprint density at radius 1 is 1.24 bits per heavy atom. The summed E-state index contributed by atoms with van der Waals surface area (Å²) in [5.74, 6) is -0.311. The van der Waals surface area contributed by atoms with Crippen molar-refractivity contribution in [2.24, 2.45) is 0 Å². The molecule has 1 aromatic carbocycles. The molecular formula is C11H12N2O4. The molecule has 0 fully saturated rings. The summed E-state index contributed by atoms with van der Waals surface area (Å²) in [6.45, 7) is 0.505. The lowest BCUT2D eigenvalue weighted by atomic mass is 10.2. The van der Waals surface area contributed by atoms with E-state index in [1.54, 1.807) is 24.3 Å². The minimum Gasteiger partial charge on any atom is -0.463 e. The van der Waals surface area contributed by atoms with Gasteiger partial charge in [0.25, 0.3) is 6.47 Å². The monoisotopic (exact) mass is 236 g/mol. The summed E-state index contributed by atoms with van der Waals surface area (Å²) in [5.41, 5.74) is 1.43. The third-order valence-electron chi connectivity index (χ3n) is 1.90. The minimum atomic E-state index is -0.311. The first-order valence-electron chi connectivity index (χ1n) is 4.87. The molecule has 0 aliphatic heterocycles. The molecule has 90 valence electrons. The maximum Gasteiger partial charge on any atom is 0.293 e. The lowest BCUT2D eigenvalue weighted by Crippen LogP contribution is -2.26. The van der Waals surface area contributed by atoms with Gasteiger partial charge in [-0.2, -0.15) is 0 Å². The van der Waals surface area contributed by atoms with Crippen molar-refractivity contribution in [1.29, 1.82) is 0 Å². The Hall–Kier alpha value is -2.37. The molecular weight excluding hydrogens is 224 g/mol. The number of carbonyl (C=O) groups excluding carboxylic acids is 3. The van der Waals surface area contributed by atoms with Crippen LogP contribution in [0.2, 0.25) is 0 Å². The van der Waals surface area contributed by atoms with Crippen LogP contribution in [0.25, 0.3) is 0 Å². The van der Waals surface area contributed by atoms with Gasteiger partial charge in [-0.25, -0.2) is 0 Å². The summed E-state index contributed by atoms with van der Waals surface area (Å²) in [6.07, 6.45) is 0.458. The van der Waals surface area contributed by atoms with Gasteiger partial charge in [0.2, 0.25) is 12.3 Å². The number of anilines is 1. The van der Waals surface area contributed by atoms with Gasteiger partial charge in [0.15, 0.2) is 0 Å². The zero-order chi connectivity index (χ0) is 12.5. The van der Waals surface area contributed by atoms with E-state index in [1.807, 2.05) is 0 Å². The van der Waals surface area contributed by atoms with Gasteiger partial charge in [0.05, 0.1) is 6.54 Å². The highest BCUT2D eigenvalue weighted by atomic mass is 16.5. The molecule has 0 aliphatic rings. The first-order chi connectivity index (χ1) is 8.26. The Balaban J connectivity index is 2.47. The van der Waals surface area contributed by atoms with Gasteiger partial charge in [-0.05, 0) is 17.7 Å². The largest absolute Gasteiger partial charge is 0.463 e. The highest BCUT2D eigenvalue weighted by Gasteiger charge is 2.01. The van der Waals surface area contributed by atoms with Crippen molar-refractivity contribution in [1.82, 2.24) is 5.32 Å². The molecule has 0 aromatic heterocycles. The molecule has 0 heterocycles. The smallest absolute Gasteiger partial charge is 0.293 e. The van der Waals surface area contributed by atoms with Crippen LogP contribution >= 0.6 is 0 Å². The van der Waals surface area contributed by atoms with Crippen LogP contribution in [0.15, 0.2) is 24.3 Å². The molecule has 2 amide bonds. The molecule has 0 saturated carbocycles. The second kappa shape index (κ2) is 7.00. The molecule has 2 N–H and O–H groups in total. The maximum atomic E-state index is 11.2. The molecule has 6 nitrogen and oxygen atoms in total. The minimum absolute atomic E-state index is 0.0699. The summed E-state index contributed by atoms with van der Waals surface area (Å²) in [5, 5.41) is 4.85. The number of rotatable bonds is 7. The van der Waals surface area contributed by atoms with Crippen LogP contribution in [0, 0.1) is 0 Å². The number of hydrogen-bond donors (Lipinski definition) is 2. The molecule has 0 bridgehead atoms. The van der Waals surface area contributed by atoms with E-state index in [2.05, 4.69) is 15.4 Å². The zero-order valence-electron chi connectivity index (χ0n) is 9.01. The van der Waals surface area contributed by atoms with Crippen molar-refractivity contribution in [3.63, 3.8) is 0 Å². The van der Waals surface area contributed by atoms with E-state index >= 15 is 0 Å². The predicted molar refractivity (Wildman–Crippen MR) is 60.0 cm³/mol. The SMILES string of the molecule is O=CNCC(=O)Nc1ccc(COC=O)cc1. The Morgan fingerprint density at radius 3 is 2.53 bits per heavy atom. The molecule has 0 spiro atoms. The standard InChI is InChI=1S/C11H12N2O4/c14-7-12-5-11(16)13-10-3-1-9(2-4-10)6-17-8-15/h1-4,7-8H,5-6H2,(H,12,14)(H,13,16). The fourth-order valence-electron chi connectivity index (χ4n) is 1.15. The van der Waals surface area contributed by atoms with Crippen LogP contribution in [0.3, 0.4) is 0 Å². The van der Waals surface area contributed by atoms with Gasteiger partial charge >= 0.3 is 0 Å². The predicted octanol–water partition coefficient (Wildman–Crippen LogP) is 0.0441. The van der Waals surface area contributed by atoms with Crippen LogP contribution in [-0.4, -0.2) is 25.3 Å². The topological polar surface area (TPSA) is 84.5 Å². The van der Waals surface area contributed by atoms with E-state index in [9.17, 15) is 14.4 Å². The van der Waals surface area contributed by atoms with E-state index < -0.39 is 0 Å². The summed E-state index contributed by atoms with van der Waals surface area (Å²) in [6, 6.07) is 6.82. The zero-order valence-corrected chi connectivity index (χ0v) is 9.01. The van der Waals surface area contributed by atoms with Crippen molar-refractivity contribution in [2.45, 2.75) is 6.61 Å². The highest BCUT2D eigenvalue weighted by Crippen LogP contribution is 2.09. The number of nitrogens with one attached hydrogen (secondary N) is 2. The van der Waals surface area contributed by atoms with Crippen LogP contribution in [0.4, 0.5) is 5.69 Å². The van der Waals surface area contributed by atoms with Gasteiger partial charge < -0.3 is 15.4 Å². The van der Waals surface area contributed by atoms with Crippen molar-refractivity contribution in [2.75, 3.05) is 11.9 Å². The molecule has 0 aliphatic carbocycles. The first-order valence-corrected chi connectivity index (χ1v) is 4.87. The van der Waals surface area contributed by atoms with Crippen molar-refractivity contribution < 1.29 is 19.1 Å². The van der Waals surface area contributed by atoms with Crippen LogP contribution < -0.4 is 10.6 Å². The van der Waals surface area contributed by atoms with Crippen molar-refractivity contribution in [3.8, 4) is 0 Å². The Kier molecular flexibility index (Phi) is 5.23. The van der Waals surface area contributed by atoms with E-state index in [0.29, 0.717) is 18.6 Å². The highest BCUT2D eigenvalue weighted by molar-refractivity contribution is 5.93. The van der Waals surface area contributed by atoms with Crippen LogP contribution in [-0.2, 0) is 25.7 Å². The number of ether oxygens (including phenoxy) is 1. The van der Waals surface area contributed by atoms with Crippen LogP contribution in [0.5, 0.6) is 0 Å². The molecule has 17 heavy (non-hydrogen) atoms. The molecule has 0 radical (unpaired) electrons. The fourth-order valence-corrected chi connectivity index (χ4v) is 1.15. The normalized spacial score (nSPS) is 9.18. The van der Waals surface area contributed by atoms with Gasteiger partial charge in [0, 0.05) is 5.69 Å². The third kappa shape index (κ3) is 4.78. The Labute approximate surface area is 98.0 Å². The van der Waals surface area contributed by atoms with Crippen LogP contribution in [0.1, 0.15) is 5.56 Å². The average molecular weight is 236 g/mol. The molecule has 0 saturated heterocycles. The summed E-state index contributed by atoms with van der Waals surface area (Å²) in [7, 11) is 0. The molecule has 1 aromatic rings. The quantitative estimate of drug-likeness (QED) is 0.655. The lowest BCUT2D eigenvalue weighted by molar-refractivity contribution is -0.129. The van der Waals surface area contributed by atoms with Gasteiger partial charge in [-0.15, -0.1) is 0 Å². The number of hydrogen-bond acceptors (Lipinski definition) is 4. The summed E-state index contributed by atoms with van der Waals surface area (Å²) < 4.78 is 4.58. The van der Waals surface area contributed by atoms with Gasteiger partial charge in [-0.3, -0.25) is 14.4 Å². The fraction of sp³-hybridized carbons (Fsp3) is 0.182. The molecule has 0 atom stereocenters. The first kappa shape index (κ1) is 12.7. The second-order valence-corrected chi connectivity index (χ2v) is 3.15. The molecule has 0 unspecified atom stereocenters. The molecule has 6 heteroatoms. The Bertz CT molecular complexity index is 389. The second-order valence-electron chi connectivity index (χ2n) is 3.15. The average Bonchev–Trinajstić information content (AvgIpc) is 2.35. The van der Waals surface area contributed by atoms with E-state index in [0.717, 1.165) is 5.56 Å². The van der Waals surface area contributed by atoms with Crippen molar-refractivity contribution >= 4 is 24.5 Å². The number of benzene rings is 1. The number of carbonyl (C=O) groups is 3. The number of amides is 2. The van der Waals surface area contributed by atoms with E-state index in [-0.39, 0.29) is 19.1 Å². The maximum absolute atomic E-state index is 11.2. The summed E-state index contributed by atoms with van der Waals surface area (Å²) >= 11 is 0. The van der Waals surface area contributed by atoms with Gasteiger partial charge in [-0.1, -0.05) is 12.1 Å². The lowest BCUT2D eigenvalue weighted by Gasteiger charge is -2.05. The Morgan fingerprint density at radius 2 is 1.94 bits per heavy atom. The third-order valence-corrected chi connectivity index (χ3v) is 1.90. The molecule has 1 rings (SSSR count).